The molecule has 0 saturated heterocycles. The molecule has 0 aromatic heterocycles. The summed E-state index contributed by atoms with van der Waals surface area (Å²) < 4.78 is 0. The van der Waals surface area contributed by atoms with E-state index in [-0.39, 0.29) is 13.2 Å². The van der Waals surface area contributed by atoms with Crippen LogP contribution in [-0.2, 0) is 4.79 Å². The predicted molar refractivity (Wildman–Crippen MR) is 48.3 cm³/mol. The van der Waals surface area contributed by atoms with Crippen molar-refractivity contribution in [1.29, 1.82) is 0 Å². The van der Waals surface area contributed by atoms with Gasteiger partial charge in [0, 0.05) is 5.41 Å². The van der Waals surface area contributed by atoms with Gasteiger partial charge in [-0.15, -0.1) is 0 Å². The zero-order chi connectivity index (χ0) is 10.5. The zero-order valence-corrected chi connectivity index (χ0v) is 8.16. The van der Waals surface area contributed by atoms with Gasteiger partial charge in [0.25, 0.3) is 0 Å². The lowest BCUT2D eigenvalue weighted by molar-refractivity contribution is -0.143. The Morgan fingerprint density at radius 3 is 2.08 bits per heavy atom. The van der Waals surface area contributed by atoms with E-state index in [4.69, 9.17) is 15.3 Å². The minimum Gasteiger partial charge on any atom is -0.481 e. The molecule has 78 valence electrons. The van der Waals surface area contributed by atoms with Crippen LogP contribution in [0, 0.1) is 11.3 Å². The summed E-state index contributed by atoms with van der Waals surface area (Å²) >= 11 is 0. The Bertz CT molecular complexity index is 155. The van der Waals surface area contributed by atoms with Gasteiger partial charge in [-0.05, 0) is 12.8 Å². The van der Waals surface area contributed by atoms with Gasteiger partial charge in [0.2, 0.25) is 0 Å². The molecule has 0 heterocycles. The number of aliphatic hydroxyl groups is 2. The Morgan fingerprint density at radius 1 is 1.38 bits per heavy atom. The average molecular weight is 190 g/mol. The molecule has 1 atom stereocenters. The van der Waals surface area contributed by atoms with Crippen LogP contribution in [0.1, 0.15) is 26.7 Å². The average Bonchev–Trinajstić information content (AvgIpc) is 2.14. The summed E-state index contributed by atoms with van der Waals surface area (Å²) in [4.78, 5) is 10.6. The molecular weight excluding hydrogens is 172 g/mol. The van der Waals surface area contributed by atoms with Crippen LogP contribution in [0.3, 0.4) is 0 Å². The first kappa shape index (κ1) is 12.4. The Hall–Kier alpha value is -0.610. The fourth-order valence-electron chi connectivity index (χ4n) is 1.28. The van der Waals surface area contributed by atoms with E-state index in [1.807, 2.05) is 6.92 Å². The summed E-state index contributed by atoms with van der Waals surface area (Å²) in [6.45, 7) is 3.08. The highest BCUT2D eigenvalue weighted by atomic mass is 16.4. The normalized spacial score (nSPS) is 14.2. The molecule has 0 aliphatic rings. The van der Waals surface area contributed by atoms with Crippen LogP contribution in [0.4, 0.5) is 0 Å². The molecule has 3 N–H and O–H groups in total. The van der Waals surface area contributed by atoms with Gasteiger partial charge in [-0.25, -0.2) is 0 Å². The first-order valence-electron chi connectivity index (χ1n) is 4.46. The number of hydrogen-bond acceptors (Lipinski definition) is 3. The number of carboxylic acid groups (broad SMARTS) is 1. The molecule has 13 heavy (non-hydrogen) atoms. The van der Waals surface area contributed by atoms with E-state index in [1.165, 1.54) is 0 Å². The van der Waals surface area contributed by atoms with E-state index in [9.17, 15) is 4.79 Å². The van der Waals surface area contributed by atoms with Crippen molar-refractivity contribution in [1.82, 2.24) is 0 Å². The van der Waals surface area contributed by atoms with Crippen molar-refractivity contribution in [2.45, 2.75) is 26.7 Å². The lowest BCUT2D eigenvalue weighted by Gasteiger charge is -2.29. The third-order valence-electron chi connectivity index (χ3n) is 2.58. The zero-order valence-electron chi connectivity index (χ0n) is 8.16. The number of carboxylic acids is 1. The third kappa shape index (κ3) is 3.32. The van der Waals surface area contributed by atoms with Gasteiger partial charge in [0.05, 0.1) is 19.1 Å². The molecule has 0 radical (unpaired) electrons. The molecule has 0 bridgehead atoms. The second-order valence-corrected chi connectivity index (χ2v) is 3.61. The quantitative estimate of drug-likeness (QED) is 0.569. The Kier molecular flexibility index (Phi) is 4.95. The summed E-state index contributed by atoms with van der Waals surface area (Å²) in [5.74, 6) is -1.42. The van der Waals surface area contributed by atoms with E-state index >= 15 is 0 Å². The lowest BCUT2D eigenvalue weighted by atomic mass is 9.79. The van der Waals surface area contributed by atoms with Crippen molar-refractivity contribution in [2.24, 2.45) is 11.3 Å². The van der Waals surface area contributed by atoms with Gasteiger partial charge >= 0.3 is 5.97 Å². The second-order valence-electron chi connectivity index (χ2n) is 3.61. The minimum absolute atomic E-state index is 0.169. The molecule has 1 unspecified atom stereocenters. The molecule has 0 spiro atoms. The minimum atomic E-state index is -0.889. The summed E-state index contributed by atoms with van der Waals surface area (Å²) in [6, 6.07) is 0. The molecule has 0 amide bonds. The SMILES string of the molecule is CCC(CO)(CO)CC(C)C(=O)O. The second kappa shape index (κ2) is 5.19. The smallest absolute Gasteiger partial charge is 0.306 e. The number of carbonyl (C=O) groups is 1. The van der Waals surface area contributed by atoms with E-state index in [2.05, 4.69) is 0 Å². The number of aliphatic hydroxyl groups excluding tert-OH is 2. The molecule has 0 aromatic carbocycles. The Morgan fingerprint density at radius 2 is 1.85 bits per heavy atom. The summed E-state index contributed by atoms with van der Waals surface area (Å²) in [6.07, 6.45) is 0.892. The van der Waals surface area contributed by atoms with Crippen LogP contribution in [0.25, 0.3) is 0 Å². The summed E-state index contributed by atoms with van der Waals surface area (Å²) in [5, 5.41) is 26.8. The van der Waals surface area contributed by atoms with Crippen LogP contribution in [0.5, 0.6) is 0 Å². The van der Waals surface area contributed by atoms with Gasteiger partial charge in [0.1, 0.15) is 0 Å². The van der Waals surface area contributed by atoms with Crippen molar-refractivity contribution in [3.05, 3.63) is 0 Å². The third-order valence-corrected chi connectivity index (χ3v) is 2.58. The highest BCUT2D eigenvalue weighted by Gasteiger charge is 2.31. The van der Waals surface area contributed by atoms with E-state index in [1.54, 1.807) is 6.92 Å². The fourth-order valence-corrected chi connectivity index (χ4v) is 1.28. The van der Waals surface area contributed by atoms with E-state index in [0.29, 0.717) is 12.8 Å². The fraction of sp³-hybridized carbons (Fsp3) is 0.889. The van der Waals surface area contributed by atoms with E-state index < -0.39 is 17.3 Å². The van der Waals surface area contributed by atoms with Gasteiger partial charge in [-0.1, -0.05) is 13.8 Å². The largest absolute Gasteiger partial charge is 0.481 e. The molecule has 0 aliphatic carbocycles. The first-order chi connectivity index (χ1) is 6.01. The maximum Gasteiger partial charge on any atom is 0.306 e. The highest BCUT2D eigenvalue weighted by Crippen LogP contribution is 2.29. The van der Waals surface area contributed by atoms with Crippen molar-refractivity contribution in [3.63, 3.8) is 0 Å². The molecule has 4 heteroatoms. The topological polar surface area (TPSA) is 77.8 Å². The molecule has 0 rings (SSSR count). The summed E-state index contributed by atoms with van der Waals surface area (Å²) in [5.41, 5.74) is -0.641. The maximum atomic E-state index is 10.6. The molecule has 0 aliphatic heterocycles. The van der Waals surface area contributed by atoms with Gasteiger partial charge in [0.15, 0.2) is 0 Å². The van der Waals surface area contributed by atoms with E-state index in [0.717, 1.165) is 0 Å². The first-order valence-corrected chi connectivity index (χ1v) is 4.46. The summed E-state index contributed by atoms with van der Waals surface area (Å²) in [7, 11) is 0. The van der Waals surface area contributed by atoms with Crippen molar-refractivity contribution in [3.8, 4) is 0 Å². The van der Waals surface area contributed by atoms with Crippen LogP contribution < -0.4 is 0 Å². The molecule has 0 fully saturated rings. The Balaban J connectivity index is 4.32. The maximum absolute atomic E-state index is 10.6. The lowest BCUT2D eigenvalue weighted by Crippen LogP contribution is -2.33. The Labute approximate surface area is 78.2 Å². The molecule has 0 saturated carbocycles. The van der Waals surface area contributed by atoms with Crippen LogP contribution in [0.15, 0.2) is 0 Å². The standard InChI is InChI=1S/C9H18O4/c1-3-9(5-10,6-11)4-7(2)8(12)13/h7,10-11H,3-6H2,1-2H3,(H,12,13). The van der Waals surface area contributed by atoms with Crippen LogP contribution in [-0.4, -0.2) is 34.5 Å². The molecule has 4 nitrogen and oxygen atoms in total. The number of rotatable bonds is 6. The molecule has 0 aromatic rings. The van der Waals surface area contributed by atoms with Crippen molar-refractivity contribution in [2.75, 3.05) is 13.2 Å². The van der Waals surface area contributed by atoms with Gasteiger partial charge < -0.3 is 15.3 Å². The highest BCUT2D eigenvalue weighted by molar-refractivity contribution is 5.69. The predicted octanol–water partition coefficient (Wildman–Crippen LogP) is 0.478. The number of hydrogen-bond donors (Lipinski definition) is 3. The van der Waals surface area contributed by atoms with Crippen LogP contribution >= 0.6 is 0 Å². The number of aliphatic carboxylic acids is 1. The van der Waals surface area contributed by atoms with Gasteiger partial charge in [-0.3, -0.25) is 4.79 Å². The molecular formula is C9H18O4. The monoisotopic (exact) mass is 190 g/mol. The van der Waals surface area contributed by atoms with Crippen molar-refractivity contribution >= 4 is 5.97 Å². The van der Waals surface area contributed by atoms with Crippen LogP contribution in [0.2, 0.25) is 0 Å². The van der Waals surface area contributed by atoms with Crippen molar-refractivity contribution < 1.29 is 20.1 Å². The van der Waals surface area contributed by atoms with Gasteiger partial charge in [-0.2, -0.15) is 0 Å².